The third kappa shape index (κ3) is 3.58. The summed E-state index contributed by atoms with van der Waals surface area (Å²) in [7, 11) is 0. The number of rotatable bonds is 3. The molecule has 0 amide bonds. The lowest BCUT2D eigenvalue weighted by Gasteiger charge is -2.25. The van der Waals surface area contributed by atoms with Crippen molar-refractivity contribution in [1.82, 2.24) is 15.0 Å². The number of aromatic nitrogens is 3. The van der Waals surface area contributed by atoms with Gasteiger partial charge in [-0.25, -0.2) is 4.68 Å². The fraction of sp³-hybridized carbons (Fsp3) is 0.333. The Balaban J connectivity index is 1.35. The van der Waals surface area contributed by atoms with Crippen LogP contribution in [0.2, 0.25) is 0 Å². The Morgan fingerprint density at radius 1 is 1.18 bits per heavy atom. The summed E-state index contributed by atoms with van der Waals surface area (Å²) in [4.78, 5) is 0. The molecule has 2 heterocycles. The average molecular weight is 369 g/mol. The molecule has 0 N–H and O–H groups in total. The normalized spacial score (nSPS) is 18.2. The van der Waals surface area contributed by atoms with E-state index < -0.39 is 0 Å². The molecule has 1 aliphatic heterocycles. The molecule has 1 fully saturated rings. The van der Waals surface area contributed by atoms with Crippen molar-refractivity contribution in [2.24, 2.45) is 5.92 Å². The maximum atomic E-state index is 6.01. The first kappa shape index (κ1) is 17.2. The first-order valence-electron chi connectivity index (χ1n) is 9.98. The minimum absolute atomic E-state index is 0.0284. The van der Waals surface area contributed by atoms with Gasteiger partial charge in [0.05, 0.1) is 19.3 Å². The quantitative estimate of drug-likeness (QED) is 0.645. The van der Waals surface area contributed by atoms with E-state index in [2.05, 4.69) is 71.5 Å². The minimum atomic E-state index is 0.0284. The van der Waals surface area contributed by atoms with Gasteiger partial charge in [0.1, 0.15) is 11.8 Å². The molecule has 4 heteroatoms. The van der Waals surface area contributed by atoms with Crippen LogP contribution in [0.1, 0.15) is 41.2 Å². The van der Waals surface area contributed by atoms with Crippen molar-refractivity contribution >= 4 is 0 Å². The van der Waals surface area contributed by atoms with E-state index >= 15 is 0 Å². The number of ether oxygens (including phenoxy) is 1. The fourth-order valence-electron chi connectivity index (χ4n) is 3.75. The largest absolute Gasteiger partial charge is 0.371 e. The Morgan fingerprint density at radius 3 is 2.93 bits per heavy atom. The Bertz CT molecular complexity index is 1070. The Labute approximate surface area is 165 Å². The van der Waals surface area contributed by atoms with E-state index in [-0.39, 0.29) is 6.10 Å². The van der Waals surface area contributed by atoms with Gasteiger partial charge in [0.2, 0.25) is 0 Å². The molecule has 2 aliphatic rings. The van der Waals surface area contributed by atoms with Crippen molar-refractivity contribution in [3.63, 3.8) is 0 Å². The van der Waals surface area contributed by atoms with Crippen molar-refractivity contribution in [3.05, 3.63) is 70.9 Å². The number of hydrogen-bond donors (Lipinski definition) is 0. The zero-order valence-electron chi connectivity index (χ0n) is 16.1. The Hall–Kier alpha value is -2.90. The maximum absolute atomic E-state index is 6.01. The van der Waals surface area contributed by atoms with Gasteiger partial charge in [0.25, 0.3) is 0 Å². The van der Waals surface area contributed by atoms with Crippen molar-refractivity contribution in [2.45, 2.75) is 38.8 Å². The van der Waals surface area contributed by atoms with E-state index in [9.17, 15) is 0 Å². The molecule has 2 aromatic carbocycles. The van der Waals surface area contributed by atoms with Gasteiger partial charge >= 0.3 is 0 Å². The smallest absolute Gasteiger partial charge is 0.113 e. The van der Waals surface area contributed by atoms with Crippen LogP contribution >= 0.6 is 0 Å². The highest BCUT2D eigenvalue weighted by molar-refractivity contribution is 5.64. The van der Waals surface area contributed by atoms with Gasteiger partial charge in [-0.3, -0.25) is 0 Å². The summed E-state index contributed by atoms with van der Waals surface area (Å²) in [5, 5.41) is 8.75. The van der Waals surface area contributed by atoms with Crippen LogP contribution in [0.4, 0.5) is 0 Å². The van der Waals surface area contributed by atoms with E-state index in [1.54, 1.807) is 0 Å². The van der Waals surface area contributed by atoms with Crippen LogP contribution < -0.4 is 0 Å². The zero-order chi connectivity index (χ0) is 18.9. The van der Waals surface area contributed by atoms with Crippen molar-refractivity contribution < 1.29 is 4.74 Å². The topological polar surface area (TPSA) is 39.9 Å². The van der Waals surface area contributed by atoms with Crippen LogP contribution in [0.3, 0.4) is 0 Å². The van der Waals surface area contributed by atoms with Crippen molar-refractivity contribution in [3.8, 4) is 23.1 Å². The lowest BCUT2D eigenvalue weighted by atomic mass is 9.97. The summed E-state index contributed by atoms with van der Waals surface area (Å²) in [5.74, 6) is 7.23. The first-order valence-corrected chi connectivity index (χ1v) is 9.98. The van der Waals surface area contributed by atoms with Crippen LogP contribution in [0, 0.1) is 24.7 Å². The van der Waals surface area contributed by atoms with E-state index in [1.165, 1.54) is 29.5 Å². The predicted octanol–water partition coefficient (Wildman–Crippen LogP) is 4.33. The molecule has 1 aromatic heterocycles. The number of aryl methyl sites for hydroxylation is 1. The molecule has 5 rings (SSSR count). The first-order chi connectivity index (χ1) is 13.8. The Morgan fingerprint density at radius 2 is 2.07 bits per heavy atom. The van der Waals surface area contributed by atoms with Crippen LogP contribution in [0.15, 0.2) is 48.7 Å². The van der Waals surface area contributed by atoms with Gasteiger partial charge in [-0.15, -0.1) is 5.10 Å². The van der Waals surface area contributed by atoms with Gasteiger partial charge < -0.3 is 4.74 Å². The number of hydrogen-bond acceptors (Lipinski definition) is 3. The van der Waals surface area contributed by atoms with Gasteiger partial charge in [-0.05, 0) is 55.0 Å². The van der Waals surface area contributed by atoms with Crippen LogP contribution in [-0.4, -0.2) is 21.6 Å². The number of fused-ring (bicyclic) bond motifs is 1. The zero-order valence-corrected chi connectivity index (χ0v) is 16.1. The second-order valence-corrected chi connectivity index (χ2v) is 7.71. The van der Waals surface area contributed by atoms with Gasteiger partial charge in [0.15, 0.2) is 0 Å². The molecule has 0 radical (unpaired) electrons. The van der Waals surface area contributed by atoms with Crippen LogP contribution in [-0.2, 0) is 17.7 Å². The van der Waals surface area contributed by atoms with E-state index in [0.717, 1.165) is 29.8 Å². The van der Waals surface area contributed by atoms with E-state index in [1.807, 2.05) is 10.9 Å². The maximum Gasteiger partial charge on any atom is 0.113 e. The lowest BCUT2D eigenvalue weighted by molar-refractivity contribution is 0.0279. The predicted molar refractivity (Wildman–Crippen MR) is 109 cm³/mol. The summed E-state index contributed by atoms with van der Waals surface area (Å²) in [6, 6.07) is 14.8. The standard InChI is InChI=1S/C24H23N3O/c1-17-14-19(9-8-18-6-7-18)10-11-21(17)23-15-27(26-25-23)16-24-22-5-3-2-4-20(22)12-13-28-24/h2-5,10-11,14-15,18,24H,6-7,12-13,16H2,1H3/t24-/m0/s1. The third-order valence-electron chi connectivity index (χ3n) is 5.48. The van der Waals surface area contributed by atoms with Crippen LogP contribution in [0.25, 0.3) is 11.3 Å². The average Bonchev–Trinajstić information content (AvgIpc) is 3.44. The molecule has 140 valence electrons. The molecular weight excluding hydrogens is 346 g/mol. The summed E-state index contributed by atoms with van der Waals surface area (Å²) in [6.45, 7) is 3.54. The minimum Gasteiger partial charge on any atom is -0.371 e. The molecule has 0 spiro atoms. The molecule has 0 bridgehead atoms. The summed E-state index contributed by atoms with van der Waals surface area (Å²) in [6.07, 6.45) is 5.52. The van der Waals surface area contributed by atoms with Gasteiger partial charge in [0, 0.05) is 17.0 Å². The van der Waals surface area contributed by atoms with Crippen LogP contribution in [0.5, 0.6) is 0 Å². The van der Waals surface area contributed by atoms with Gasteiger partial charge in [-0.2, -0.15) is 0 Å². The molecule has 1 atom stereocenters. The highest BCUT2D eigenvalue weighted by atomic mass is 16.5. The molecular formula is C24H23N3O. The number of benzene rings is 2. The second kappa shape index (κ2) is 7.26. The molecule has 28 heavy (non-hydrogen) atoms. The molecule has 3 aromatic rings. The molecule has 0 saturated heterocycles. The lowest BCUT2D eigenvalue weighted by Crippen LogP contribution is -2.20. The fourth-order valence-corrected chi connectivity index (χ4v) is 3.75. The molecule has 0 unspecified atom stereocenters. The summed E-state index contributed by atoms with van der Waals surface area (Å²) >= 11 is 0. The van der Waals surface area contributed by atoms with E-state index in [0.29, 0.717) is 12.5 Å². The highest BCUT2D eigenvalue weighted by Crippen LogP contribution is 2.29. The second-order valence-electron chi connectivity index (χ2n) is 7.71. The summed E-state index contributed by atoms with van der Waals surface area (Å²) < 4.78 is 7.90. The van der Waals surface area contributed by atoms with Crippen molar-refractivity contribution in [1.29, 1.82) is 0 Å². The SMILES string of the molecule is Cc1cc(C#CC2CC2)ccc1-c1cn(C[C@@H]2OCCc3ccccc32)nn1. The molecule has 1 saturated carbocycles. The molecule has 1 aliphatic carbocycles. The van der Waals surface area contributed by atoms with Crippen molar-refractivity contribution in [2.75, 3.05) is 6.61 Å². The monoisotopic (exact) mass is 369 g/mol. The van der Waals surface area contributed by atoms with E-state index in [4.69, 9.17) is 4.74 Å². The van der Waals surface area contributed by atoms with Gasteiger partial charge in [-0.1, -0.05) is 47.4 Å². The Kier molecular flexibility index (Phi) is 4.46. The summed E-state index contributed by atoms with van der Waals surface area (Å²) in [5.41, 5.74) is 6.89. The number of nitrogens with zero attached hydrogens (tertiary/aromatic N) is 3. The highest BCUT2D eigenvalue weighted by Gasteiger charge is 2.21. The third-order valence-corrected chi connectivity index (χ3v) is 5.48. The molecule has 4 nitrogen and oxygen atoms in total.